The Morgan fingerprint density at radius 2 is 1.68 bits per heavy atom. The van der Waals surface area contributed by atoms with Crippen LogP contribution < -0.4 is 0 Å². The minimum absolute atomic E-state index is 0.146. The van der Waals surface area contributed by atoms with Gasteiger partial charge in [-0.1, -0.05) is 6.92 Å². The van der Waals surface area contributed by atoms with Crippen molar-refractivity contribution < 1.29 is 22.8 Å². The average Bonchev–Trinajstić information content (AvgIpc) is 3.00. The predicted octanol–water partition coefficient (Wildman–Crippen LogP) is 3.66. The summed E-state index contributed by atoms with van der Waals surface area (Å²) in [4.78, 5) is 0. The first-order valence-corrected chi connectivity index (χ1v) is 11.5. The Hall–Kier alpha value is 0.367. The van der Waals surface area contributed by atoms with Crippen molar-refractivity contribution in [1.82, 2.24) is 0 Å². The van der Waals surface area contributed by atoms with E-state index < -0.39 is 8.80 Å². The number of thioether (sulfide) groups is 1. The summed E-state index contributed by atoms with van der Waals surface area (Å²) in [5, 5.41) is 0. The van der Waals surface area contributed by atoms with Gasteiger partial charge in [-0.15, -0.1) is 11.8 Å². The zero-order chi connectivity index (χ0) is 16.3. The largest absolute Gasteiger partial charge is 0.503 e. The summed E-state index contributed by atoms with van der Waals surface area (Å²) in [6.07, 6.45) is 3.07. The SMILES string of the molecule is CCO[Si](CCO[C@H](CC)O[C@H]1CCCS1)(OCC)OCC. The fourth-order valence-electron chi connectivity index (χ4n) is 2.39. The van der Waals surface area contributed by atoms with Crippen molar-refractivity contribution in [2.45, 2.75) is 64.7 Å². The van der Waals surface area contributed by atoms with Crippen LogP contribution in [0.15, 0.2) is 0 Å². The van der Waals surface area contributed by atoms with Crippen molar-refractivity contribution in [1.29, 1.82) is 0 Å². The molecule has 2 atom stereocenters. The second kappa shape index (κ2) is 11.8. The highest BCUT2D eigenvalue weighted by Gasteiger charge is 2.40. The predicted molar refractivity (Wildman–Crippen MR) is 92.0 cm³/mol. The smallest absolute Gasteiger partial charge is 0.374 e. The van der Waals surface area contributed by atoms with Crippen molar-refractivity contribution in [3.8, 4) is 0 Å². The molecule has 0 aromatic carbocycles. The van der Waals surface area contributed by atoms with Gasteiger partial charge >= 0.3 is 8.80 Å². The van der Waals surface area contributed by atoms with Gasteiger partial charge in [0.05, 0.1) is 6.61 Å². The number of hydrogen-bond donors (Lipinski definition) is 0. The molecule has 0 spiro atoms. The summed E-state index contributed by atoms with van der Waals surface area (Å²) in [7, 11) is -2.61. The molecule has 0 bridgehead atoms. The molecular weight excluding hydrogens is 320 g/mol. The van der Waals surface area contributed by atoms with Crippen molar-refractivity contribution in [2.24, 2.45) is 0 Å². The van der Waals surface area contributed by atoms with Crippen LogP contribution in [0.1, 0.15) is 47.0 Å². The van der Waals surface area contributed by atoms with E-state index in [-0.39, 0.29) is 11.7 Å². The van der Waals surface area contributed by atoms with E-state index in [0.29, 0.717) is 32.5 Å². The normalized spacial score (nSPS) is 20.5. The second-order valence-corrected chi connectivity index (χ2v) is 9.02. The molecule has 0 aromatic heterocycles. The molecule has 1 saturated heterocycles. The van der Waals surface area contributed by atoms with E-state index in [1.807, 2.05) is 32.5 Å². The van der Waals surface area contributed by atoms with Crippen LogP contribution in [0.4, 0.5) is 0 Å². The minimum Gasteiger partial charge on any atom is -0.374 e. The lowest BCUT2D eigenvalue weighted by atomic mass is 10.3. The summed E-state index contributed by atoms with van der Waals surface area (Å²) in [5.74, 6) is 1.19. The Labute approximate surface area is 140 Å². The lowest BCUT2D eigenvalue weighted by Crippen LogP contribution is -2.47. The first-order chi connectivity index (χ1) is 10.7. The van der Waals surface area contributed by atoms with E-state index in [4.69, 9.17) is 22.8 Å². The topological polar surface area (TPSA) is 46.2 Å². The number of rotatable bonds is 13. The molecule has 0 aliphatic carbocycles. The van der Waals surface area contributed by atoms with Crippen LogP contribution in [0.5, 0.6) is 0 Å². The maximum Gasteiger partial charge on any atom is 0.503 e. The van der Waals surface area contributed by atoms with Crippen molar-refractivity contribution >= 4 is 20.6 Å². The van der Waals surface area contributed by atoms with Gasteiger partial charge in [0.15, 0.2) is 6.29 Å². The number of hydrogen-bond acceptors (Lipinski definition) is 6. The van der Waals surface area contributed by atoms with E-state index >= 15 is 0 Å². The van der Waals surface area contributed by atoms with Gasteiger partial charge in [0.1, 0.15) is 5.44 Å². The molecule has 0 radical (unpaired) electrons. The van der Waals surface area contributed by atoms with E-state index in [2.05, 4.69) is 6.92 Å². The summed E-state index contributed by atoms with van der Waals surface area (Å²) in [6, 6.07) is 0.667. The zero-order valence-electron chi connectivity index (χ0n) is 14.5. The van der Waals surface area contributed by atoms with E-state index in [9.17, 15) is 0 Å². The Bertz CT molecular complexity index is 260. The van der Waals surface area contributed by atoms with Crippen LogP contribution in [-0.2, 0) is 22.8 Å². The molecule has 7 heteroatoms. The molecular formula is C15H32O5SSi. The number of ether oxygens (including phenoxy) is 2. The molecule has 1 fully saturated rings. The van der Waals surface area contributed by atoms with Gasteiger partial charge in [0.25, 0.3) is 0 Å². The quantitative estimate of drug-likeness (QED) is 0.372. The lowest BCUT2D eigenvalue weighted by Gasteiger charge is -2.29. The van der Waals surface area contributed by atoms with Gasteiger partial charge < -0.3 is 22.8 Å². The van der Waals surface area contributed by atoms with Gasteiger partial charge in [-0.05, 0) is 45.8 Å². The maximum atomic E-state index is 5.99. The molecule has 22 heavy (non-hydrogen) atoms. The third kappa shape index (κ3) is 7.29. The van der Waals surface area contributed by atoms with Crippen LogP contribution in [0, 0.1) is 0 Å². The van der Waals surface area contributed by atoms with E-state index in [1.165, 1.54) is 12.2 Å². The molecule has 1 heterocycles. The molecule has 5 nitrogen and oxygen atoms in total. The molecule has 1 rings (SSSR count). The van der Waals surface area contributed by atoms with Gasteiger partial charge in [0, 0.05) is 25.9 Å². The van der Waals surface area contributed by atoms with Crippen LogP contribution in [0.2, 0.25) is 6.04 Å². The summed E-state index contributed by atoms with van der Waals surface area (Å²) < 4.78 is 29.4. The van der Waals surface area contributed by atoms with Gasteiger partial charge in [-0.3, -0.25) is 0 Å². The first kappa shape index (κ1) is 20.4. The Balaban J connectivity index is 2.40. The molecule has 1 aliphatic rings. The maximum absolute atomic E-state index is 5.99. The van der Waals surface area contributed by atoms with Crippen LogP contribution in [-0.4, -0.2) is 52.7 Å². The summed E-state index contributed by atoms with van der Waals surface area (Å²) in [6.45, 7) is 10.3. The van der Waals surface area contributed by atoms with Crippen LogP contribution in [0.3, 0.4) is 0 Å². The molecule has 0 aromatic rings. The van der Waals surface area contributed by atoms with Crippen molar-refractivity contribution in [3.05, 3.63) is 0 Å². The molecule has 0 unspecified atom stereocenters. The minimum atomic E-state index is -2.61. The molecule has 0 saturated carbocycles. The molecule has 0 N–H and O–H groups in total. The van der Waals surface area contributed by atoms with Gasteiger partial charge in [0.2, 0.25) is 0 Å². The van der Waals surface area contributed by atoms with E-state index in [1.54, 1.807) is 0 Å². The van der Waals surface area contributed by atoms with Crippen LogP contribution in [0.25, 0.3) is 0 Å². The highest BCUT2D eigenvalue weighted by molar-refractivity contribution is 8.00. The highest BCUT2D eigenvalue weighted by atomic mass is 32.2. The van der Waals surface area contributed by atoms with Crippen molar-refractivity contribution in [2.75, 3.05) is 32.2 Å². The highest BCUT2D eigenvalue weighted by Crippen LogP contribution is 2.29. The molecule has 132 valence electrons. The third-order valence-electron chi connectivity index (χ3n) is 3.33. The second-order valence-electron chi connectivity index (χ2n) is 5.02. The summed E-state index contributed by atoms with van der Waals surface area (Å²) >= 11 is 1.88. The fourth-order valence-corrected chi connectivity index (χ4v) is 5.90. The third-order valence-corrected chi connectivity index (χ3v) is 7.57. The van der Waals surface area contributed by atoms with E-state index in [0.717, 1.165) is 12.8 Å². The lowest BCUT2D eigenvalue weighted by molar-refractivity contribution is -0.150. The molecule has 0 amide bonds. The summed E-state index contributed by atoms with van der Waals surface area (Å²) in [5.41, 5.74) is 0.289. The molecule has 1 aliphatic heterocycles. The zero-order valence-corrected chi connectivity index (χ0v) is 16.3. The monoisotopic (exact) mass is 352 g/mol. The standard InChI is InChI=1S/C15H32O5SSi/c1-5-14(20-15-10-9-12-21-15)16-11-13-22(17-6-2,18-7-3)19-8-4/h14-15H,5-13H2,1-4H3/t14-,15+/m0/s1. The van der Waals surface area contributed by atoms with Crippen molar-refractivity contribution in [3.63, 3.8) is 0 Å². The fraction of sp³-hybridized carbons (Fsp3) is 1.00. The Morgan fingerprint density at radius 3 is 2.14 bits per heavy atom. The average molecular weight is 353 g/mol. The Kier molecular flexibility index (Phi) is 11.0. The van der Waals surface area contributed by atoms with Gasteiger partial charge in [-0.2, -0.15) is 0 Å². The van der Waals surface area contributed by atoms with Crippen LogP contribution >= 0.6 is 11.8 Å². The Morgan fingerprint density at radius 1 is 1.05 bits per heavy atom. The van der Waals surface area contributed by atoms with Gasteiger partial charge in [-0.25, -0.2) is 0 Å². The first-order valence-electron chi connectivity index (χ1n) is 8.50.